The van der Waals surface area contributed by atoms with Crippen LogP contribution in [0.2, 0.25) is 0 Å². The first kappa shape index (κ1) is 75.9. The zero-order chi connectivity index (χ0) is 80.0. The van der Waals surface area contributed by atoms with Crippen LogP contribution in [-0.2, 0) is 9.31 Å². The molecule has 0 radical (unpaired) electrons. The van der Waals surface area contributed by atoms with E-state index >= 15 is 0 Å². The van der Waals surface area contributed by atoms with Crippen LogP contribution >= 0.6 is 54.5 Å². The smallest absolute Gasteiger partial charge is 0.399 e. The monoisotopic (exact) mass is 1750 g/mol. The van der Waals surface area contributed by atoms with Crippen LogP contribution in [0.1, 0.15) is 27.7 Å². The Labute approximate surface area is 719 Å². The lowest BCUT2D eigenvalue weighted by atomic mass is 9.76. The number of hydrogen-bond acceptors (Lipinski definition) is 2. The third-order valence-electron chi connectivity index (χ3n) is 23.8. The van der Waals surface area contributed by atoms with Crippen LogP contribution < -0.4 is 5.46 Å². The second-order valence-corrected chi connectivity index (χ2v) is 34.7. The van der Waals surface area contributed by atoms with E-state index in [0.717, 1.165) is 14.4 Å². The van der Waals surface area contributed by atoms with Gasteiger partial charge in [-0.25, -0.2) is 0 Å². The molecule has 0 aromatic heterocycles. The Hall–Kier alpha value is -12.1. The minimum absolute atomic E-state index is 0.409. The standard InChI is InChI=1S/C50H32.C40H33BO2.C16H11Br.C6H4BrI/c1-3-14-36-30-41(25-23-33(36)11-1)49-45-20-7-8-21-46(45)50(42-26-24-34-12-2-4-15-37(34)31-42)48-32-39(27-28-47(48)49)38-17-9-18-40(29-38)44-22-10-16-35-13-5-6-19-43(35)44;1-39(2)40(3,4)43-41(42-39)32-21-22-35-36(25-32)38(31-20-18-27-12-6-8-14-29(27)24-31)34-16-10-9-15-33(34)37(35)30-19-17-26-11-5-7-13-28(26)23-30;17-14-8-3-7-13(11-14)16-10-4-6-12-5-1-2-9-15(12)16;7-5-2-1-3-6(8)4-5/h1-32H;5-25H,1-4H3;1-11H;1-4H. The molecule has 2 nitrogen and oxygen atoms in total. The van der Waals surface area contributed by atoms with Crippen molar-refractivity contribution in [3.63, 3.8) is 0 Å². The average molecular weight is 1760 g/mol. The van der Waals surface area contributed by atoms with Gasteiger partial charge in [0.2, 0.25) is 0 Å². The minimum Gasteiger partial charge on any atom is -0.399 e. The summed E-state index contributed by atoms with van der Waals surface area (Å²) in [5.41, 5.74) is 17.6. The fraction of sp³-hybridized carbons (Fsp3) is 0.0536. The molecule has 1 saturated heterocycles. The molecule has 0 spiro atoms. The third-order valence-corrected chi connectivity index (χ3v) is 25.4. The van der Waals surface area contributed by atoms with Gasteiger partial charge in [-0.3, -0.25) is 0 Å². The van der Waals surface area contributed by atoms with Crippen molar-refractivity contribution in [3.8, 4) is 77.9 Å². The molecule has 118 heavy (non-hydrogen) atoms. The molecular formula is C112H80BBr2IO2. The van der Waals surface area contributed by atoms with Gasteiger partial charge in [-0.15, -0.1) is 0 Å². The molecule has 22 rings (SSSR count). The van der Waals surface area contributed by atoms with Gasteiger partial charge in [-0.1, -0.05) is 378 Å². The van der Waals surface area contributed by atoms with Crippen molar-refractivity contribution in [2.75, 3.05) is 0 Å². The van der Waals surface area contributed by atoms with Crippen LogP contribution in [0, 0.1) is 3.57 Å². The van der Waals surface area contributed by atoms with Gasteiger partial charge < -0.3 is 9.31 Å². The Morgan fingerprint density at radius 2 is 0.508 bits per heavy atom. The summed E-state index contributed by atoms with van der Waals surface area (Å²) in [6.45, 7) is 8.44. The van der Waals surface area contributed by atoms with Crippen molar-refractivity contribution < 1.29 is 9.31 Å². The van der Waals surface area contributed by atoms with E-state index in [1.54, 1.807) is 0 Å². The molecule has 21 aromatic carbocycles. The Kier molecular flexibility index (Phi) is 20.9. The second-order valence-electron chi connectivity index (χ2n) is 31.6. The highest BCUT2D eigenvalue weighted by Gasteiger charge is 2.52. The van der Waals surface area contributed by atoms with Crippen molar-refractivity contribution in [3.05, 3.63) is 425 Å². The first-order valence-electron chi connectivity index (χ1n) is 40.2. The number of halogens is 3. The fourth-order valence-corrected chi connectivity index (χ4v) is 19.0. The normalized spacial score (nSPS) is 12.9. The summed E-state index contributed by atoms with van der Waals surface area (Å²) in [5.74, 6) is 0. The van der Waals surface area contributed by atoms with Crippen LogP contribution in [0.3, 0.4) is 0 Å². The SMILES string of the molecule is Brc1cccc(-c2cccc3ccccc23)c1.Brc1cccc(I)c1.CC1(C)OB(c2ccc3c(-c4ccc5ccccc5c4)c4ccccc4c(-c4ccc5ccccc5c4)c3c2)OC1(C)C.c1cc(-c2ccc3c(-c4ccc5ccccc5c4)c4ccccc4c(-c4ccc5ccccc5c4)c3c2)cc(-c2cccc3ccccc23)c1. The summed E-state index contributed by atoms with van der Waals surface area (Å²) in [4.78, 5) is 0. The van der Waals surface area contributed by atoms with Crippen molar-refractivity contribution in [1.29, 1.82) is 0 Å². The predicted molar refractivity (Wildman–Crippen MR) is 523 cm³/mol. The largest absolute Gasteiger partial charge is 0.494 e. The zero-order valence-electron chi connectivity index (χ0n) is 65.8. The van der Waals surface area contributed by atoms with Gasteiger partial charge in [0, 0.05) is 12.5 Å². The molecule has 0 aliphatic carbocycles. The van der Waals surface area contributed by atoms with Gasteiger partial charge in [0.1, 0.15) is 0 Å². The molecule has 1 aliphatic rings. The number of hydrogen-bond donors (Lipinski definition) is 0. The van der Waals surface area contributed by atoms with Crippen LogP contribution in [0.5, 0.6) is 0 Å². The quantitative estimate of drug-likeness (QED) is 0.0858. The van der Waals surface area contributed by atoms with E-state index in [-0.39, 0.29) is 0 Å². The van der Waals surface area contributed by atoms with E-state index in [4.69, 9.17) is 9.31 Å². The molecule has 21 aromatic rings. The Balaban J connectivity index is 0.000000122. The topological polar surface area (TPSA) is 18.5 Å². The first-order valence-corrected chi connectivity index (χ1v) is 42.9. The highest BCUT2D eigenvalue weighted by atomic mass is 127. The van der Waals surface area contributed by atoms with Gasteiger partial charge in [-0.05, 0) is 308 Å². The fourth-order valence-electron chi connectivity index (χ4n) is 17.2. The predicted octanol–water partition coefficient (Wildman–Crippen LogP) is 32.4. The van der Waals surface area contributed by atoms with Gasteiger partial charge in [0.05, 0.1) is 11.2 Å². The lowest BCUT2D eigenvalue weighted by Gasteiger charge is -2.32. The number of benzene rings is 21. The van der Waals surface area contributed by atoms with E-state index in [2.05, 4.69) is 483 Å². The van der Waals surface area contributed by atoms with Gasteiger partial charge in [-0.2, -0.15) is 0 Å². The summed E-state index contributed by atoms with van der Waals surface area (Å²) < 4.78 is 16.6. The maximum absolute atomic E-state index is 6.53. The van der Waals surface area contributed by atoms with E-state index in [9.17, 15) is 0 Å². The van der Waals surface area contributed by atoms with Gasteiger partial charge in [0.25, 0.3) is 0 Å². The minimum atomic E-state index is -0.436. The first-order chi connectivity index (χ1) is 57.7. The highest BCUT2D eigenvalue weighted by molar-refractivity contribution is 14.1. The van der Waals surface area contributed by atoms with Gasteiger partial charge >= 0.3 is 7.12 Å². The summed E-state index contributed by atoms with van der Waals surface area (Å²) in [7, 11) is -0.436. The molecule has 0 N–H and O–H groups in total. The Bertz CT molecular complexity index is 7430. The Morgan fingerprint density at radius 1 is 0.212 bits per heavy atom. The van der Waals surface area contributed by atoms with Crippen LogP contribution in [0.15, 0.2) is 421 Å². The summed E-state index contributed by atoms with van der Waals surface area (Å²) in [6, 6.07) is 149. The maximum Gasteiger partial charge on any atom is 0.494 e. The Morgan fingerprint density at radius 3 is 0.915 bits per heavy atom. The van der Waals surface area contributed by atoms with Crippen LogP contribution in [0.4, 0.5) is 0 Å². The molecule has 0 saturated carbocycles. The van der Waals surface area contributed by atoms with E-state index < -0.39 is 18.3 Å². The molecule has 564 valence electrons. The highest BCUT2D eigenvalue weighted by Crippen LogP contribution is 2.49. The van der Waals surface area contributed by atoms with E-state index in [1.165, 1.54) is 189 Å². The molecule has 0 bridgehead atoms. The van der Waals surface area contributed by atoms with Crippen molar-refractivity contribution in [2.24, 2.45) is 0 Å². The summed E-state index contributed by atoms with van der Waals surface area (Å²) >= 11 is 9.16. The summed E-state index contributed by atoms with van der Waals surface area (Å²) in [5, 5.41) is 25.0. The molecule has 0 atom stereocenters. The molecule has 0 amide bonds. The molecule has 1 heterocycles. The van der Waals surface area contributed by atoms with Crippen LogP contribution in [0.25, 0.3) is 186 Å². The van der Waals surface area contributed by atoms with Crippen molar-refractivity contribution in [1.82, 2.24) is 0 Å². The maximum atomic E-state index is 6.53. The summed E-state index contributed by atoms with van der Waals surface area (Å²) in [6.07, 6.45) is 0. The number of rotatable bonds is 8. The second kappa shape index (κ2) is 32.4. The third kappa shape index (κ3) is 15.0. The molecule has 6 heteroatoms. The zero-order valence-corrected chi connectivity index (χ0v) is 71.1. The van der Waals surface area contributed by atoms with Crippen LogP contribution in [-0.4, -0.2) is 18.3 Å². The molecule has 1 fully saturated rings. The van der Waals surface area contributed by atoms with Crippen molar-refractivity contribution in [2.45, 2.75) is 38.9 Å². The van der Waals surface area contributed by atoms with E-state index in [0.29, 0.717) is 0 Å². The van der Waals surface area contributed by atoms with Gasteiger partial charge in [0.15, 0.2) is 0 Å². The van der Waals surface area contributed by atoms with E-state index in [1.807, 2.05) is 12.1 Å². The molecule has 0 unspecified atom stereocenters. The van der Waals surface area contributed by atoms with Crippen molar-refractivity contribution >= 4 is 175 Å². The lowest BCUT2D eigenvalue weighted by molar-refractivity contribution is 0.00578. The average Bonchev–Trinajstić information content (AvgIpc) is 1.65. The molecule has 1 aliphatic heterocycles. The molecular weight excluding hydrogens is 1670 g/mol. The number of fused-ring (bicyclic) bond motifs is 10. The lowest BCUT2D eigenvalue weighted by Crippen LogP contribution is -2.41.